The van der Waals surface area contributed by atoms with Gasteiger partial charge in [-0.2, -0.15) is 0 Å². The highest BCUT2D eigenvalue weighted by atomic mass is 79.9. The minimum absolute atomic E-state index is 0.129. The predicted molar refractivity (Wildman–Crippen MR) is 85.5 cm³/mol. The van der Waals surface area contributed by atoms with E-state index in [0.29, 0.717) is 15.7 Å². The van der Waals surface area contributed by atoms with Gasteiger partial charge in [0, 0.05) is 0 Å². The van der Waals surface area contributed by atoms with Crippen LogP contribution in [-0.2, 0) is 11.2 Å². The number of aryl methyl sites for hydroxylation is 1. The zero-order valence-electron chi connectivity index (χ0n) is 10.6. The van der Waals surface area contributed by atoms with Crippen LogP contribution in [0.5, 0.6) is 0 Å². The van der Waals surface area contributed by atoms with Gasteiger partial charge in [-0.1, -0.05) is 29.3 Å². The minimum atomic E-state index is -0.129. The topological polar surface area (TPSA) is 42.0 Å². The van der Waals surface area contributed by atoms with Gasteiger partial charge in [-0.05, 0) is 52.7 Å². The molecule has 0 radical (unpaired) electrons. The number of hydrogen-bond donors (Lipinski definition) is 1. The van der Waals surface area contributed by atoms with Gasteiger partial charge in [-0.15, -0.1) is 0 Å². The SMILES string of the molecule is Cc1nc(Br)ccc1NC(=O)Cc1ccc(Cl)c(Cl)c1. The lowest BCUT2D eigenvalue weighted by atomic mass is 10.1. The number of carbonyl (C=O) groups is 1. The van der Waals surface area contributed by atoms with Crippen LogP contribution in [0.4, 0.5) is 5.69 Å². The Morgan fingerprint density at radius 1 is 1.25 bits per heavy atom. The number of benzene rings is 1. The predicted octanol–water partition coefficient (Wildman–Crippen LogP) is 4.64. The maximum Gasteiger partial charge on any atom is 0.228 e. The van der Waals surface area contributed by atoms with Gasteiger partial charge in [0.1, 0.15) is 4.60 Å². The van der Waals surface area contributed by atoms with Crippen molar-refractivity contribution in [1.82, 2.24) is 4.98 Å². The van der Waals surface area contributed by atoms with Crippen molar-refractivity contribution in [1.29, 1.82) is 0 Å². The van der Waals surface area contributed by atoms with E-state index in [1.165, 1.54) is 0 Å². The monoisotopic (exact) mass is 372 g/mol. The summed E-state index contributed by atoms with van der Waals surface area (Å²) >= 11 is 15.0. The number of pyridine rings is 1. The minimum Gasteiger partial charge on any atom is -0.324 e. The lowest BCUT2D eigenvalue weighted by Gasteiger charge is -2.08. The first-order chi connectivity index (χ1) is 9.45. The third-order valence-corrected chi connectivity index (χ3v) is 3.86. The van der Waals surface area contributed by atoms with Crippen LogP contribution < -0.4 is 5.32 Å². The number of hydrogen-bond acceptors (Lipinski definition) is 2. The molecule has 20 heavy (non-hydrogen) atoms. The van der Waals surface area contributed by atoms with E-state index in [2.05, 4.69) is 26.2 Å². The number of aromatic nitrogens is 1. The van der Waals surface area contributed by atoms with Crippen molar-refractivity contribution >= 4 is 50.7 Å². The highest BCUT2D eigenvalue weighted by Gasteiger charge is 2.08. The van der Waals surface area contributed by atoms with Crippen LogP contribution in [0.2, 0.25) is 10.0 Å². The first kappa shape index (κ1) is 15.3. The molecule has 104 valence electrons. The number of nitrogens with zero attached hydrogens (tertiary/aromatic N) is 1. The molecule has 0 saturated heterocycles. The van der Waals surface area contributed by atoms with Crippen molar-refractivity contribution < 1.29 is 4.79 Å². The van der Waals surface area contributed by atoms with Crippen LogP contribution in [-0.4, -0.2) is 10.9 Å². The Labute approximate surface area is 135 Å². The molecule has 1 N–H and O–H groups in total. The molecule has 0 fully saturated rings. The summed E-state index contributed by atoms with van der Waals surface area (Å²) in [4.78, 5) is 16.2. The summed E-state index contributed by atoms with van der Waals surface area (Å²) in [6, 6.07) is 8.73. The summed E-state index contributed by atoms with van der Waals surface area (Å²) in [5.41, 5.74) is 2.25. The normalized spacial score (nSPS) is 10.4. The fourth-order valence-corrected chi connectivity index (χ4v) is 2.41. The Morgan fingerprint density at radius 2 is 2.00 bits per heavy atom. The van der Waals surface area contributed by atoms with Gasteiger partial charge in [0.05, 0.1) is 27.8 Å². The number of carbonyl (C=O) groups excluding carboxylic acids is 1. The molecule has 0 bridgehead atoms. The molecule has 0 aliphatic rings. The van der Waals surface area contributed by atoms with E-state index < -0.39 is 0 Å². The van der Waals surface area contributed by atoms with Gasteiger partial charge in [-0.3, -0.25) is 4.79 Å². The van der Waals surface area contributed by atoms with Gasteiger partial charge in [0.15, 0.2) is 0 Å². The standard InChI is InChI=1S/C14H11BrCl2N2O/c1-8-12(4-5-13(15)18-8)19-14(20)7-9-2-3-10(16)11(17)6-9/h2-6H,7H2,1H3,(H,19,20). The Bertz CT molecular complexity index is 662. The van der Waals surface area contributed by atoms with Crippen LogP contribution >= 0.6 is 39.1 Å². The molecule has 1 heterocycles. The van der Waals surface area contributed by atoms with Crippen molar-refractivity contribution in [2.24, 2.45) is 0 Å². The quantitative estimate of drug-likeness (QED) is 0.796. The Hall–Kier alpha value is -1.10. The molecule has 0 saturated carbocycles. The molecular weight excluding hydrogens is 363 g/mol. The molecular formula is C14H11BrCl2N2O. The van der Waals surface area contributed by atoms with E-state index in [-0.39, 0.29) is 12.3 Å². The number of halogens is 3. The average molecular weight is 374 g/mol. The smallest absolute Gasteiger partial charge is 0.228 e. The van der Waals surface area contributed by atoms with Crippen molar-refractivity contribution in [3.05, 3.63) is 56.2 Å². The lowest BCUT2D eigenvalue weighted by molar-refractivity contribution is -0.115. The van der Waals surface area contributed by atoms with Crippen LogP contribution in [0.25, 0.3) is 0 Å². The van der Waals surface area contributed by atoms with Crippen molar-refractivity contribution in [3.63, 3.8) is 0 Å². The van der Waals surface area contributed by atoms with Crippen molar-refractivity contribution in [2.45, 2.75) is 13.3 Å². The first-order valence-electron chi connectivity index (χ1n) is 5.82. The lowest BCUT2D eigenvalue weighted by Crippen LogP contribution is -2.15. The van der Waals surface area contributed by atoms with Gasteiger partial charge >= 0.3 is 0 Å². The second-order valence-electron chi connectivity index (χ2n) is 4.24. The highest BCUT2D eigenvalue weighted by Crippen LogP contribution is 2.23. The van der Waals surface area contributed by atoms with Crippen LogP contribution in [0.1, 0.15) is 11.3 Å². The Kier molecular flexibility index (Phi) is 5.02. The largest absolute Gasteiger partial charge is 0.324 e. The van der Waals surface area contributed by atoms with E-state index in [1.807, 2.05) is 6.92 Å². The molecule has 0 aliphatic carbocycles. The third-order valence-electron chi connectivity index (χ3n) is 2.67. The average Bonchev–Trinajstić information content (AvgIpc) is 2.37. The van der Waals surface area contributed by atoms with E-state index in [9.17, 15) is 4.79 Å². The fraction of sp³-hybridized carbons (Fsp3) is 0.143. The summed E-state index contributed by atoms with van der Waals surface area (Å²) < 4.78 is 0.734. The number of rotatable bonds is 3. The molecule has 1 amide bonds. The fourth-order valence-electron chi connectivity index (χ4n) is 1.69. The van der Waals surface area contributed by atoms with Crippen LogP contribution in [0.15, 0.2) is 34.9 Å². The first-order valence-corrected chi connectivity index (χ1v) is 7.37. The number of amides is 1. The van der Waals surface area contributed by atoms with E-state index in [1.54, 1.807) is 30.3 Å². The van der Waals surface area contributed by atoms with Gasteiger partial charge in [0.2, 0.25) is 5.91 Å². The molecule has 2 rings (SSSR count). The number of anilines is 1. The summed E-state index contributed by atoms with van der Waals surface area (Å²) in [5, 5.41) is 3.74. The molecule has 3 nitrogen and oxygen atoms in total. The van der Waals surface area contributed by atoms with Gasteiger partial charge < -0.3 is 5.32 Å². The summed E-state index contributed by atoms with van der Waals surface area (Å²) in [6.45, 7) is 1.83. The Balaban J connectivity index is 2.07. The highest BCUT2D eigenvalue weighted by molar-refractivity contribution is 9.10. The molecule has 0 spiro atoms. The zero-order valence-corrected chi connectivity index (χ0v) is 13.7. The zero-order chi connectivity index (χ0) is 14.7. The number of nitrogens with one attached hydrogen (secondary N) is 1. The van der Waals surface area contributed by atoms with Crippen LogP contribution in [0.3, 0.4) is 0 Å². The van der Waals surface area contributed by atoms with E-state index in [0.717, 1.165) is 15.9 Å². The van der Waals surface area contributed by atoms with E-state index >= 15 is 0 Å². The van der Waals surface area contributed by atoms with Crippen molar-refractivity contribution in [2.75, 3.05) is 5.32 Å². The van der Waals surface area contributed by atoms with Crippen molar-refractivity contribution in [3.8, 4) is 0 Å². The van der Waals surface area contributed by atoms with Gasteiger partial charge in [0.25, 0.3) is 0 Å². The molecule has 6 heteroatoms. The molecule has 1 aromatic heterocycles. The summed E-state index contributed by atoms with van der Waals surface area (Å²) in [5.74, 6) is -0.129. The maximum atomic E-state index is 12.0. The molecule has 2 aromatic rings. The summed E-state index contributed by atoms with van der Waals surface area (Å²) in [6.07, 6.45) is 0.229. The molecule has 0 unspecified atom stereocenters. The second kappa shape index (κ2) is 6.57. The van der Waals surface area contributed by atoms with Gasteiger partial charge in [-0.25, -0.2) is 4.98 Å². The molecule has 0 atom stereocenters. The molecule has 0 aliphatic heterocycles. The Morgan fingerprint density at radius 3 is 2.65 bits per heavy atom. The van der Waals surface area contributed by atoms with Crippen LogP contribution in [0, 0.1) is 6.92 Å². The maximum absolute atomic E-state index is 12.0. The molecule has 1 aromatic carbocycles. The summed E-state index contributed by atoms with van der Waals surface area (Å²) in [7, 11) is 0. The second-order valence-corrected chi connectivity index (χ2v) is 5.87. The third kappa shape index (κ3) is 3.95. The van der Waals surface area contributed by atoms with E-state index in [4.69, 9.17) is 23.2 Å².